The van der Waals surface area contributed by atoms with Crippen molar-refractivity contribution in [3.63, 3.8) is 0 Å². The lowest BCUT2D eigenvalue weighted by atomic mass is 10.0. The van der Waals surface area contributed by atoms with Gasteiger partial charge in [-0.3, -0.25) is 4.79 Å². The number of nitrogens with one attached hydrogen (secondary N) is 1. The van der Waals surface area contributed by atoms with Crippen LogP contribution in [0.1, 0.15) is 36.5 Å². The second-order valence-electron chi connectivity index (χ2n) is 5.93. The van der Waals surface area contributed by atoms with Gasteiger partial charge in [0.25, 0.3) is 5.91 Å². The zero-order chi connectivity index (χ0) is 16.8. The maximum atomic E-state index is 12.0. The fraction of sp³-hybridized carbons (Fsp3) is 0.316. The minimum atomic E-state index is -0.179. The van der Waals surface area contributed by atoms with Gasteiger partial charge >= 0.3 is 0 Å². The Hall–Kier alpha value is -2.04. The van der Waals surface area contributed by atoms with E-state index in [4.69, 9.17) is 10.5 Å². The Morgan fingerprint density at radius 1 is 1.17 bits per heavy atom. The fourth-order valence-corrected chi connectivity index (χ4v) is 2.31. The van der Waals surface area contributed by atoms with Gasteiger partial charge in [-0.25, -0.2) is 0 Å². The molecule has 0 aliphatic heterocycles. The van der Waals surface area contributed by atoms with E-state index in [1.807, 2.05) is 37.3 Å². The minimum Gasteiger partial charge on any atom is -0.483 e. The smallest absolute Gasteiger partial charge is 0.262 e. The average molecular weight is 349 g/mol. The van der Waals surface area contributed by atoms with Crippen molar-refractivity contribution in [2.75, 3.05) is 11.9 Å². The van der Waals surface area contributed by atoms with Crippen LogP contribution < -0.4 is 15.8 Å². The van der Waals surface area contributed by atoms with Gasteiger partial charge in [-0.2, -0.15) is 0 Å². The van der Waals surface area contributed by atoms with E-state index in [0.29, 0.717) is 12.5 Å². The summed E-state index contributed by atoms with van der Waals surface area (Å²) in [5, 5.41) is 2.82. The Morgan fingerprint density at radius 3 is 2.42 bits per heavy atom. The predicted molar refractivity (Wildman–Crippen MR) is 101 cm³/mol. The number of nitrogens with two attached hydrogens (primary N) is 1. The van der Waals surface area contributed by atoms with Gasteiger partial charge < -0.3 is 15.8 Å². The Kier molecular flexibility index (Phi) is 7.75. The number of aryl methyl sites for hydroxylation is 1. The summed E-state index contributed by atoms with van der Waals surface area (Å²) >= 11 is 0. The molecule has 0 aliphatic rings. The number of carbonyl (C=O) groups excluding carboxylic acids is 1. The first-order valence-electron chi connectivity index (χ1n) is 7.82. The van der Waals surface area contributed by atoms with Crippen LogP contribution >= 0.6 is 12.4 Å². The second-order valence-corrected chi connectivity index (χ2v) is 5.93. The van der Waals surface area contributed by atoms with Crippen molar-refractivity contribution in [3.8, 4) is 5.75 Å². The molecule has 0 aromatic heterocycles. The molecule has 3 N–H and O–H groups in total. The van der Waals surface area contributed by atoms with Crippen LogP contribution in [0.4, 0.5) is 5.69 Å². The molecule has 0 saturated heterocycles. The quantitative estimate of drug-likeness (QED) is 0.828. The zero-order valence-electron chi connectivity index (χ0n) is 14.3. The lowest BCUT2D eigenvalue weighted by Crippen LogP contribution is -2.20. The number of rotatable bonds is 6. The summed E-state index contributed by atoms with van der Waals surface area (Å²) in [6.07, 6.45) is 0. The van der Waals surface area contributed by atoms with Crippen LogP contribution in [0, 0.1) is 6.92 Å². The van der Waals surface area contributed by atoms with E-state index in [-0.39, 0.29) is 24.9 Å². The highest BCUT2D eigenvalue weighted by Gasteiger charge is 2.10. The van der Waals surface area contributed by atoms with Crippen molar-refractivity contribution in [1.82, 2.24) is 0 Å². The Balaban J connectivity index is 0.00000288. The standard InChI is InChI=1S/C19H24N2O2.ClH/c1-13(2)17-9-4-14(3)10-18(17)23-12-19(22)21-16-7-5-15(11-20)6-8-16;/h4-10,13H,11-12,20H2,1-3H3,(H,21,22);1H. The van der Waals surface area contributed by atoms with Gasteiger partial charge in [0.15, 0.2) is 6.61 Å². The summed E-state index contributed by atoms with van der Waals surface area (Å²) < 4.78 is 5.73. The second kappa shape index (κ2) is 9.30. The number of amides is 1. The van der Waals surface area contributed by atoms with Gasteiger partial charge in [0.2, 0.25) is 0 Å². The highest BCUT2D eigenvalue weighted by molar-refractivity contribution is 5.91. The van der Waals surface area contributed by atoms with E-state index in [2.05, 4.69) is 31.3 Å². The number of anilines is 1. The van der Waals surface area contributed by atoms with Crippen LogP contribution in [0.5, 0.6) is 5.75 Å². The van der Waals surface area contributed by atoms with E-state index >= 15 is 0 Å². The molecule has 0 heterocycles. The lowest BCUT2D eigenvalue weighted by Gasteiger charge is -2.15. The molecular weight excluding hydrogens is 324 g/mol. The first kappa shape index (κ1) is 20.0. The minimum absolute atomic E-state index is 0. The zero-order valence-corrected chi connectivity index (χ0v) is 15.2. The molecule has 2 aromatic rings. The fourth-order valence-electron chi connectivity index (χ4n) is 2.31. The highest BCUT2D eigenvalue weighted by Crippen LogP contribution is 2.27. The molecule has 0 atom stereocenters. The Labute approximate surface area is 149 Å². The summed E-state index contributed by atoms with van der Waals surface area (Å²) in [5.74, 6) is 0.938. The number of hydrogen-bond acceptors (Lipinski definition) is 3. The lowest BCUT2D eigenvalue weighted by molar-refractivity contribution is -0.118. The van der Waals surface area contributed by atoms with Crippen LogP contribution in [0.25, 0.3) is 0 Å². The van der Waals surface area contributed by atoms with Crippen molar-refractivity contribution >= 4 is 24.0 Å². The normalized spacial score (nSPS) is 10.2. The van der Waals surface area contributed by atoms with Crippen LogP contribution in [0.15, 0.2) is 42.5 Å². The summed E-state index contributed by atoms with van der Waals surface area (Å²) in [6.45, 7) is 6.70. The molecule has 0 bridgehead atoms. The molecule has 24 heavy (non-hydrogen) atoms. The van der Waals surface area contributed by atoms with Crippen molar-refractivity contribution < 1.29 is 9.53 Å². The van der Waals surface area contributed by atoms with Gasteiger partial charge in [0.1, 0.15) is 5.75 Å². The van der Waals surface area contributed by atoms with Gasteiger partial charge in [0, 0.05) is 12.2 Å². The topological polar surface area (TPSA) is 64.3 Å². The summed E-state index contributed by atoms with van der Waals surface area (Å²) in [6, 6.07) is 13.6. The summed E-state index contributed by atoms with van der Waals surface area (Å²) in [4.78, 5) is 12.0. The number of carbonyl (C=O) groups is 1. The van der Waals surface area contributed by atoms with Crippen LogP contribution in [0.3, 0.4) is 0 Å². The molecule has 1 amide bonds. The van der Waals surface area contributed by atoms with Gasteiger partial charge in [0.05, 0.1) is 0 Å². The van der Waals surface area contributed by atoms with Crippen LogP contribution in [-0.4, -0.2) is 12.5 Å². The van der Waals surface area contributed by atoms with E-state index in [9.17, 15) is 4.79 Å². The first-order valence-corrected chi connectivity index (χ1v) is 7.82. The van der Waals surface area contributed by atoms with Gasteiger partial charge in [-0.05, 0) is 47.7 Å². The van der Waals surface area contributed by atoms with Gasteiger partial charge in [-0.1, -0.05) is 38.1 Å². The third-order valence-electron chi connectivity index (χ3n) is 3.62. The number of hydrogen-bond donors (Lipinski definition) is 2. The molecule has 5 heteroatoms. The molecule has 2 rings (SSSR count). The van der Waals surface area contributed by atoms with Crippen molar-refractivity contribution in [2.24, 2.45) is 5.73 Å². The molecule has 0 unspecified atom stereocenters. The third-order valence-corrected chi connectivity index (χ3v) is 3.62. The number of benzene rings is 2. The molecular formula is C19H25ClN2O2. The molecule has 4 nitrogen and oxygen atoms in total. The monoisotopic (exact) mass is 348 g/mol. The Bertz CT molecular complexity index is 670. The largest absolute Gasteiger partial charge is 0.483 e. The maximum absolute atomic E-state index is 12.0. The van der Waals surface area contributed by atoms with Crippen LogP contribution in [-0.2, 0) is 11.3 Å². The molecule has 130 valence electrons. The molecule has 0 radical (unpaired) electrons. The predicted octanol–water partition coefficient (Wildman–Crippen LogP) is 4.02. The van der Waals surface area contributed by atoms with Crippen molar-refractivity contribution in [2.45, 2.75) is 33.2 Å². The molecule has 0 fully saturated rings. The molecule has 0 saturated carbocycles. The average Bonchev–Trinajstić information content (AvgIpc) is 2.53. The highest BCUT2D eigenvalue weighted by atomic mass is 35.5. The van der Waals surface area contributed by atoms with Crippen LogP contribution in [0.2, 0.25) is 0 Å². The van der Waals surface area contributed by atoms with E-state index in [1.54, 1.807) is 0 Å². The van der Waals surface area contributed by atoms with E-state index in [1.165, 1.54) is 0 Å². The van der Waals surface area contributed by atoms with Crippen molar-refractivity contribution in [3.05, 3.63) is 59.2 Å². The first-order chi connectivity index (χ1) is 11.0. The maximum Gasteiger partial charge on any atom is 0.262 e. The Morgan fingerprint density at radius 2 is 1.83 bits per heavy atom. The van der Waals surface area contributed by atoms with E-state index < -0.39 is 0 Å². The molecule has 2 aromatic carbocycles. The molecule has 0 aliphatic carbocycles. The number of ether oxygens (including phenoxy) is 1. The molecule has 0 spiro atoms. The SMILES string of the molecule is Cc1ccc(C(C)C)c(OCC(=O)Nc2ccc(CN)cc2)c1.Cl. The third kappa shape index (κ3) is 5.55. The summed E-state index contributed by atoms with van der Waals surface area (Å²) in [7, 11) is 0. The number of halogens is 1. The van der Waals surface area contributed by atoms with Crippen molar-refractivity contribution in [1.29, 1.82) is 0 Å². The van der Waals surface area contributed by atoms with E-state index in [0.717, 1.165) is 28.1 Å². The summed E-state index contributed by atoms with van der Waals surface area (Å²) in [5.41, 5.74) is 9.55. The van der Waals surface area contributed by atoms with Gasteiger partial charge in [-0.15, -0.1) is 12.4 Å².